The summed E-state index contributed by atoms with van der Waals surface area (Å²) in [6, 6.07) is 16.2. The van der Waals surface area contributed by atoms with Crippen LogP contribution in [0.1, 0.15) is 58.3 Å². The van der Waals surface area contributed by atoms with Gasteiger partial charge in [-0.3, -0.25) is 9.78 Å². The van der Waals surface area contributed by atoms with Gasteiger partial charge in [0.1, 0.15) is 5.75 Å². The molecule has 1 atom stereocenters. The molecule has 0 fully saturated rings. The summed E-state index contributed by atoms with van der Waals surface area (Å²) in [6.07, 6.45) is 2.31. The van der Waals surface area contributed by atoms with Gasteiger partial charge in [-0.25, -0.2) is 0 Å². The molecule has 0 bridgehead atoms. The first kappa shape index (κ1) is 26.3. The lowest BCUT2D eigenvalue weighted by atomic mass is 9.93. The summed E-state index contributed by atoms with van der Waals surface area (Å²) in [5.41, 5.74) is 4.37. The summed E-state index contributed by atoms with van der Waals surface area (Å²) in [5, 5.41) is 36.0. The maximum atomic E-state index is 12.7. The second-order valence-electron chi connectivity index (χ2n) is 9.48. The molecular formula is C28H35N3O4. The first-order valence-corrected chi connectivity index (χ1v) is 11.8. The number of carbonyl (C=O) groups is 1. The summed E-state index contributed by atoms with van der Waals surface area (Å²) in [7, 11) is 0. The first-order valence-electron chi connectivity index (χ1n) is 11.8. The Kier molecular flexibility index (Phi) is 8.98. The minimum absolute atomic E-state index is 0.00695. The Hall–Kier alpha value is -3.26. The average Bonchev–Trinajstić information content (AvgIpc) is 2.84. The van der Waals surface area contributed by atoms with Crippen LogP contribution in [0.3, 0.4) is 0 Å². The van der Waals surface area contributed by atoms with E-state index in [1.165, 1.54) is 6.07 Å². The number of aliphatic hydroxyl groups excluding tert-OH is 2. The van der Waals surface area contributed by atoms with Crippen molar-refractivity contribution in [2.24, 2.45) is 0 Å². The van der Waals surface area contributed by atoms with Crippen molar-refractivity contribution in [1.82, 2.24) is 15.6 Å². The Morgan fingerprint density at radius 3 is 2.66 bits per heavy atom. The van der Waals surface area contributed by atoms with Crippen molar-refractivity contribution in [2.75, 3.05) is 13.1 Å². The van der Waals surface area contributed by atoms with Gasteiger partial charge in [-0.15, -0.1) is 0 Å². The number of β-amino-alcohol motifs (C(OH)–C–C–N with tert-alkyl or cyclic N) is 1. The Morgan fingerprint density at radius 1 is 1.11 bits per heavy atom. The molecular weight excluding hydrogens is 442 g/mol. The van der Waals surface area contributed by atoms with Crippen molar-refractivity contribution in [1.29, 1.82) is 0 Å². The number of hydrogen-bond acceptors (Lipinski definition) is 6. The van der Waals surface area contributed by atoms with Crippen molar-refractivity contribution in [2.45, 2.75) is 51.9 Å². The molecule has 3 aromatic rings. The Bertz CT molecular complexity index is 1150. The second kappa shape index (κ2) is 11.9. The van der Waals surface area contributed by atoms with Crippen LogP contribution in [0.2, 0.25) is 0 Å². The molecule has 0 spiro atoms. The molecule has 1 heterocycles. The quantitative estimate of drug-likeness (QED) is 0.290. The van der Waals surface area contributed by atoms with Gasteiger partial charge < -0.3 is 26.0 Å². The van der Waals surface area contributed by atoms with Gasteiger partial charge in [-0.05, 0) is 74.2 Å². The fraction of sp³-hybridized carbons (Fsp3) is 0.357. The maximum Gasteiger partial charge on any atom is 0.251 e. The second-order valence-corrected chi connectivity index (χ2v) is 9.48. The van der Waals surface area contributed by atoms with Crippen LogP contribution in [-0.2, 0) is 19.4 Å². The molecule has 7 nitrogen and oxygen atoms in total. The van der Waals surface area contributed by atoms with E-state index in [-0.39, 0.29) is 23.8 Å². The third kappa shape index (κ3) is 7.62. The molecule has 0 radical (unpaired) electrons. The Morgan fingerprint density at radius 2 is 1.91 bits per heavy atom. The summed E-state index contributed by atoms with van der Waals surface area (Å²) >= 11 is 0. The molecule has 0 aliphatic carbocycles. The number of aliphatic hydroxyl groups is 2. The highest BCUT2D eigenvalue weighted by Gasteiger charge is 2.21. The molecule has 5 N–H and O–H groups in total. The zero-order valence-corrected chi connectivity index (χ0v) is 20.6. The molecule has 186 valence electrons. The molecule has 0 aliphatic heterocycles. The van der Waals surface area contributed by atoms with Gasteiger partial charge in [-0.2, -0.15) is 0 Å². The average molecular weight is 478 g/mol. The summed E-state index contributed by atoms with van der Waals surface area (Å²) in [4.78, 5) is 17.0. The largest absolute Gasteiger partial charge is 0.508 e. The number of rotatable bonds is 11. The predicted octanol–water partition coefficient (Wildman–Crippen LogP) is 3.20. The number of hydrogen-bond donors (Lipinski definition) is 5. The van der Waals surface area contributed by atoms with E-state index in [0.717, 1.165) is 16.8 Å². The highest BCUT2D eigenvalue weighted by atomic mass is 16.3. The van der Waals surface area contributed by atoms with Gasteiger partial charge in [0, 0.05) is 48.1 Å². The van der Waals surface area contributed by atoms with E-state index in [0.29, 0.717) is 42.6 Å². The number of aromatic nitrogens is 1. The molecule has 3 rings (SSSR count). The van der Waals surface area contributed by atoms with Gasteiger partial charge in [0.15, 0.2) is 0 Å². The van der Waals surface area contributed by atoms with E-state index in [1.54, 1.807) is 24.4 Å². The van der Waals surface area contributed by atoms with Crippen LogP contribution in [0, 0.1) is 6.92 Å². The van der Waals surface area contributed by atoms with Crippen LogP contribution in [-0.4, -0.2) is 44.8 Å². The Labute approximate surface area is 206 Å². The van der Waals surface area contributed by atoms with Crippen molar-refractivity contribution >= 4 is 5.91 Å². The Balaban J connectivity index is 1.54. The molecule has 1 amide bonds. The van der Waals surface area contributed by atoms with Gasteiger partial charge >= 0.3 is 0 Å². The minimum Gasteiger partial charge on any atom is -0.508 e. The fourth-order valence-electron chi connectivity index (χ4n) is 4.00. The van der Waals surface area contributed by atoms with Crippen LogP contribution >= 0.6 is 0 Å². The lowest BCUT2D eigenvalue weighted by molar-refractivity contribution is 0.0954. The number of aromatic hydroxyl groups is 1. The zero-order valence-electron chi connectivity index (χ0n) is 20.6. The van der Waals surface area contributed by atoms with E-state index in [9.17, 15) is 20.1 Å². The first-order chi connectivity index (χ1) is 16.7. The van der Waals surface area contributed by atoms with Crippen molar-refractivity contribution in [3.8, 4) is 5.75 Å². The van der Waals surface area contributed by atoms with Crippen LogP contribution < -0.4 is 10.6 Å². The number of nitrogens with zero attached hydrogens (tertiary/aromatic N) is 1. The van der Waals surface area contributed by atoms with Gasteiger partial charge in [0.2, 0.25) is 0 Å². The number of phenols is 1. The topological polar surface area (TPSA) is 115 Å². The molecule has 2 aromatic carbocycles. The number of nitrogens with one attached hydrogen (secondary N) is 2. The van der Waals surface area contributed by atoms with Crippen molar-refractivity contribution < 1.29 is 20.1 Å². The molecule has 0 unspecified atom stereocenters. The maximum absolute atomic E-state index is 12.7. The summed E-state index contributed by atoms with van der Waals surface area (Å²) in [6.45, 7) is 6.61. The molecule has 7 heteroatoms. The minimum atomic E-state index is -0.792. The molecule has 0 aliphatic rings. The summed E-state index contributed by atoms with van der Waals surface area (Å²) in [5.74, 6) is -0.110. The van der Waals surface area contributed by atoms with Crippen LogP contribution in [0.25, 0.3) is 0 Å². The van der Waals surface area contributed by atoms with Gasteiger partial charge in [-0.1, -0.05) is 24.3 Å². The van der Waals surface area contributed by atoms with Gasteiger partial charge in [0.05, 0.1) is 12.7 Å². The van der Waals surface area contributed by atoms with Crippen LogP contribution in [0.4, 0.5) is 0 Å². The van der Waals surface area contributed by atoms with E-state index in [4.69, 9.17) is 0 Å². The third-order valence-electron chi connectivity index (χ3n) is 6.03. The zero-order chi connectivity index (χ0) is 25.4. The monoisotopic (exact) mass is 477 g/mol. The number of amides is 1. The van der Waals surface area contributed by atoms with Crippen LogP contribution in [0.15, 0.2) is 60.8 Å². The highest BCUT2D eigenvalue weighted by Crippen LogP contribution is 2.23. The standard InChI is InChI=1S/C28H35N3O4/c1-19-6-5-12-29-24(19)11-13-30-27(35)22-8-4-7-20(14-22)16-28(2,3)31-17-26(34)21-9-10-25(33)23(15-21)18-32/h4-10,12,14-15,26,31-34H,11,13,16-18H2,1-3H3,(H,30,35)/t26-/m0/s1. The van der Waals surface area contributed by atoms with E-state index in [1.807, 2.05) is 51.1 Å². The van der Waals surface area contributed by atoms with Crippen molar-refractivity contribution in [3.63, 3.8) is 0 Å². The SMILES string of the molecule is Cc1cccnc1CCNC(=O)c1cccc(CC(C)(C)NC[C@H](O)c2ccc(O)c(CO)c2)c1. The van der Waals surface area contributed by atoms with E-state index in [2.05, 4.69) is 15.6 Å². The lowest BCUT2D eigenvalue weighted by Gasteiger charge is -2.28. The molecule has 0 saturated carbocycles. The molecule has 1 aromatic heterocycles. The molecule has 0 saturated heterocycles. The number of benzene rings is 2. The smallest absolute Gasteiger partial charge is 0.251 e. The van der Waals surface area contributed by atoms with E-state index < -0.39 is 6.10 Å². The highest BCUT2D eigenvalue weighted by molar-refractivity contribution is 5.94. The van der Waals surface area contributed by atoms with Crippen LogP contribution in [0.5, 0.6) is 5.75 Å². The number of pyridine rings is 1. The van der Waals surface area contributed by atoms with Gasteiger partial charge in [0.25, 0.3) is 5.91 Å². The van der Waals surface area contributed by atoms with E-state index >= 15 is 0 Å². The normalized spacial score (nSPS) is 12.4. The summed E-state index contributed by atoms with van der Waals surface area (Å²) < 4.78 is 0. The fourth-order valence-corrected chi connectivity index (χ4v) is 4.00. The number of carbonyl (C=O) groups excluding carboxylic acids is 1. The molecule has 35 heavy (non-hydrogen) atoms. The lowest BCUT2D eigenvalue weighted by Crippen LogP contribution is -2.43. The van der Waals surface area contributed by atoms with Crippen molar-refractivity contribution in [3.05, 3.63) is 94.3 Å². The number of aryl methyl sites for hydroxylation is 1. The predicted molar refractivity (Wildman–Crippen MR) is 136 cm³/mol. The third-order valence-corrected chi connectivity index (χ3v) is 6.03.